The second-order valence-corrected chi connectivity index (χ2v) is 10.6. The lowest BCUT2D eigenvalue weighted by molar-refractivity contribution is -0.131. The first-order chi connectivity index (χ1) is 15.5. The van der Waals surface area contributed by atoms with E-state index in [4.69, 9.17) is 10.7 Å². The fourth-order valence-corrected chi connectivity index (χ4v) is 6.15. The first-order valence-corrected chi connectivity index (χ1v) is 12.8. The highest BCUT2D eigenvalue weighted by Crippen LogP contribution is 2.39. The molecule has 4 aliphatic rings. The van der Waals surface area contributed by atoms with E-state index in [1.54, 1.807) is 11.9 Å². The minimum absolute atomic E-state index is 0.123. The first-order valence-electron chi connectivity index (χ1n) is 12.8. The smallest absolute Gasteiger partial charge is 0.257 e. The molecular formula is C27H42N4O. The quantitative estimate of drug-likeness (QED) is 0.621. The fraction of sp³-hybridized carbons (Fsp3) is 0.704. The molecule has 5 nitrogen and oxygen atoms in total. The number of likely N-dealkylation sites (tertiary alicyclic amines) is 1. The maximum Gasteiger partial charge on any atom is 0.257 e. The van der Waals surface area contributed by atoms with E-state index >= 15 is 0 Å². The van der Waals surface area contributed by atoms with Gasteiger partial charge in [0.25, 0.3) is 5.91 Å². The van der Waals surface area contributed by atoms with Crippen molar-refractivity contribution in [1.29, 1.82) is 0 Å². The number of likely N-dealkylation sites (N-methyl/N-ethyl adjacent to an activating group) is 1. The normalized spacial score (nSPS) is 34.4. The molecule has 2 aliphatic carbocycles. The van der Waals surface area contributed by atoms with Gasteiger partial charge in [-0.25, -0.2) is 4.99 Å². The maximum atomic E-state index is 13.3. The van der Waals surface area contributed by atoms with Crippen LogP contribution in [0, 0.1) is 11.8 Å². The molecule has 0 aromatic heterocycles. The van der Waals surface area contributed by atoms with Crippen LogP contribution in [0.5, 0.6) is 0 Å². The Kier molecular flexibility index (Phi) is 7.55. The van der Waals surface area contributed by atoms with E-state index in [2.05, 4.69) is 36.1 Å². The summed E-state index contributed by atoms with van der Waals surface area (Å²) in [5, 5.41) is 0. The molecule has 1 saturated heterocycles. The van der Waals surface area contributed by atoms with E-state index in [0.717, 1.165) is 64.1 Å². The zero-order valence-electron chi connectivity index (χ0n) is 20.2. The van der Waals surface area contributed by atoms with Crippen LogP contribution < -0.4 is 5.73 Å². The SMILES string of the molecule is C\C1=C(CN2CC[C@H](C[C@]3(CCC4CCCCC4)N=C(N)N(C)C3=O)C2)/C=C\C=C/CC1. The van der Waals surface area contributed by atoms with Crippen LogP contribution in [0.25, 0.3) is 0 Å². The average molecular weight is 439 g/mol. The van der Waals surface area contributed by atoms with Crippen molar-refractivity contribution in [3.05, 3.63) is 35.5 Å². The van der Waals surface area contributed by atoms with E-state index < -0.39 is 5.54 Å². The molecule has 176 valence electrons. The Hall–Kier alpha value is -1.88. The summed E-state index contributed by atoms with van der Waals surface area (Å²) in [6.07, 6.45) is 21.8. The zero-order valence-corrected chi connectivity index (χ0v) is 20.2. The van der Waals surface area contributed by atoms with Crippen LogP contribution in [0.2, 0.25) is 0 Å². The fourth-order valence-electron chi connectivity index (χ4n) is 6.15. The van der Waals surface area contributed by atoms with Gasteiger partial charge >= 0.3 is 0 Å². The van der Waals surface area contributed by atoms with Crippen molar-refractivity contribution in [2.45, 2.75) is 83.1 Å². The average Bonchev–Trinajstić information content (AvgIpc) is 3.31. The molecule has 0 spiro atoms. The van der Waals surface area contributed by atoms with Gasteiger partial charge in [-0.05, 0) is 69.4 Å². The van der Waals surface area contributed by atoms with Gasteiger partial charge in [0.1, 0.15) is 5.54 Å². The molecule has 2 aliphatic heterocycles. The molecule has 4 rings (SSSR count). The maximum absolute atomic E-state index is 13.3. The van der Waals surface area contributed by atoms with Crippen LogP contribution >= 0.6 is 0 Å². The Balaban J connectivity index is 1.40. The number of allylic oxidation sites excluding steroid dienone is 4. The summed E-state index contributed by atoms with van der Waals surface area (Å²) in [5.74, 6) is 1.79. The Morgan fingerprint density at radius 2 is 1.97 bits per heavy atom. The zero-order chi connectivity index (χ0) is 22.6. The number of carbonyl (C=O) groups excluding carboxylic acids is 1. The molecule has 2 atom stereocenters. The highest BCUT2D eigenvalue weighted by molar-refractivity contribution is 6.06. The van der Waals surface area contributed by atoms with E-state index in [1.165, 1.54) is 43.3 Å². The van der Waals surface area contributed by atoms with Crippen LogP contribution in [0.15, 0.2) is 40.4 Å². The second-order valence-electron chi connectivity index (χ2n) is 10.6. The summed E-state index contributed by atoms with van der Waals surface area (Å²) >= 11 is 0. The van der Waals surface area contributed by atoms with Gasteiger partial charge < -0.3 is 5.73 Å². The number of hydrogen-bond acceptors (Lipinski definition) is 4. The molecule has 1 amide bonds. The lowest BCUT2D eigenvalue weighted by Crippen LogP contribution is -2.43. The van der Waals surface area contributed by atoms with Crippen LogP contribution in [-0.2, 0) is 4.79 Å². The molecule has 2 N–H and O–H groups in total. The van der Waals surface area contributed by atoms with Crippen molar-refractivity contribution in [1.82, 2.24) is 9.80 Å². The predicted octanol–water partition coefficient (Wildman–Crippen LogP) is 4.81. The van der Waals surface area contributed by atoms with Crippen LogP contribution in [0.1, 0.15) is 77.6 Å². The summed E-state index contributed by atoms with van der Waals surface area (Å²) in [6, 6.07) is 0. The monoisotopic (exact) mass is 438 g/mol. The van der Waals surface area contributed by atoms with E-state index in [9.17, 15) is 4.79 Å². The standard InChI is InChI=1S/C27H42N4O/c1-21-10-6-3-4-9-13-24(21)20-31-17-15-23(19-31)18-27(25(32)30(2)26(28)29-27)16-14-22-11-7-5-8-12-22/h3-4,9,13,22-23H,5-8,10-12,14-20H2,1-2H3,(H2,28,29)/b4-3-,13-9-,24-21-/t23-,27+/m1/s1. The third-order valence-electron chi connectivity index (χ3n) is 8.23. The number of amides is 1. The van der Waals surface area contributed by atoms with Gasteiger partial charge in [-0.3, -0.25) is 14.6 Å². The van der Waals surface area contributed by atoms with Gasteiger partial charge in [0.2, 0.25) is 0 Å². The van der Waals surface area contributed by atoms with E-state index in [1.807, 2.05) is 0 Å². The number of aliphatic imine (C=N–C) groups is 1. The van der Waals surface area contributed by atoms with Crippen molar-refractivity contribution in [3.8, 4) is 0 Å². The topological polar surface area (TPSA) is 61.9 Å². The van der Waals surface area contributed by atoms with Gasteiger partial charge in [-0.1, -0.05) is 62.0 Å². The number of guanidine groups is 1. The molecule has 0 aromatic carbocycles. The Labute approximate surface area is 194 Å². The summed E-state index contributed by atoms with van der Waals surface area (Å²) < 4.78 is 0. The number of hydrogen-bond donors (Lipinski definition) is 1. The van der Waals surface area contributed by atoms with Crippen molar-refractivity contribution in [2.24, 2.45) is 22.6 Å². The van der Waals surface area contributed by atoms with Gasteiger partial charge in [0.05, 0.1) is 0 Å². The summed E-state index contributed by atoms with van der Waals surface area (Å²) in [4.78, 5) is 22.3. The summed E-state index contributed by atoms with van der Waals surface area (Å²) in [6.45, 7) is 5.45. The minimum atomic E-state index is -0.628. The number of rotatable bonds is 7. The second kappa shape index (κ2) is 10.4. The van der Waals surface area contributed by atoms with Gasteiger partial charge in [-0.2, -0.15) is 0 Å². The lowest BCUT2D eigenvalue weighted by Gasteiger charge is -2.30. The summed E-state index contributed by atoms with van der Waals surface area (Å²) in [7, 11) is 1.79. The van der Waals surface area contributed by atoms with Gasteiger partial charge in [0.15, 0.2) is 5.96 Å². The van der Waals surface area contributed by atoms with Gasteiger partial charge in [-0.15, -0.1) is 0 Å². The highest BCUT2D eigenvalue weighted by atomic mass is 16.2. The molecule has 1 saturated carbocycles. The van der Waals surface area contributed by atoms with Crippen molar-refractivity contribution >= 4 is 11.9 Å². The van der Waals surface area contributed by atoms with Crippen LogP contribution in [0.4, 0.5) is 0 Å². The molecule has 0 aromatic rings. The van der Waals surface area contributed by atoms with E-state index in [0.29, 0.717) is 11.9 Å². The minimum Gasteiger partial charge on any atom is -0.369 e. The Morgan fingerprint density at radius 3 is 2.72 bits per heavy atom. The third-order valence-corrected chi connectivity index (χ3v) is 8.23. The van der Waals surface area contributed by atoms with Crippen molar-refractivity contribution < 1.29 is 4.79 Å². The van der Waals surface area contributed by atoms with Crippen LogP contribution in [-0.4, -0.2) is 53.9 Å². The predicted molar refractivity (Wildman–Crippen MR) is 132 cm³/mol. The summed E-state index contributed by atoms with van der Waals surface area (Å²) in [5.41, 5.74) is 8.48. The number of carbonyl (C=O) groups is 1. The number of nitrogens with zero attached hydrogens (tertiary/aromatic N) is 3. The molecule has 0 bridgehead atoms. The molecular weight excluding hydrogens is 396 g/mol. The molecule has 5 heteroatoms. The largest absolute Gasteiger partial charge is 0.369 e. The Bertz CT molecular complexity index is 804. The molecule has 32 heavy (non-hydrogen) atoms. The highest BCUT2D eigenvalue weighted by Gasteiger charge is 2.48. The Morgan fingerprint density at radius 1 is 1.16 bits per heavy atom. The first kappa shape index (κ1) is 23.3. The van der Waals surface area contributed by atoms with Crippen molar-refractivity contribution in [2.75, 3.05) is 26.7 Å². The van der Waals surface area contributed by atoms with Crippen molar-refractivity contribution in [3.63, 3.8) is 0 Å². The van der Waals surface area contributed by atoms with Crippen LogP contribution in [0.3, 0.4) is 0 Å². The number of nitrogens with two attached hydrogens (primary N) is 1. The van der Waals surface area contributed by atoms with Gasteiger partial charge in [0, 0.05) is 20.1 Å². The molecule has 0 unspecified atom stereocenters. The third kappa shape index (κ3) is 5.36. The van der Waals surface area contributed by atoms with E-state index in [-0.39, 0.29) is 5.91 Å². The molecule has 0 radical (unpaired) electrons. The lowest BCUT2D eigenvalue weighted by atomic mass is 9.78. The molecule has 2 heterocycles. The molecule has 2 fully saturated rings.